The van der Waals surface area contributed by atoms with Gasteiger partial charge in [0.25, 0.3) is 0 Å². The molecule has 0 aromatic rings. The van der Waals surface area contributed by atoms with Gasteiger partial charge in [-0.25, -0.2) is 4.79 Å². The molecule has 1 fully saturated rings. The lowest BCUT2D eigenvalue weighted by atomic mass is 9.93. The molecule has 1 aliphatic carbocycles. The largest absolute Gasteiger partial charge is 0.446 e. The number of nitrogens with two attached hydrogens (primary N) is 2. The normalized spacial score (nSPS) is 27.2. The maximum atomic E-state index is 10.5. The Morgan fingerprint density at radius 2 is 2.00 bits per heavy atom. The first-order valence-electron chi connectivity index (χ1n) is 5.12. The van der Waals surface area contributed by atoms with E-state index in [0.29, 0.717) is 12.6 Å². The first-order valence-corrected chi connectivity index (χ1v) is 5.12. The van der Waals surface area contributed by atoms with Crippen molar-refractivity contribution in [1.29, 1.82) is 0 Å². The molecule has 0 aliphatic heterocycles. The average Bonchev–Trinajstić information content (AvgIpc) is 2.16. The van der Waals surface area contributed by atoms with Crippen LogP contribution < -0.4 is 16.8 Å². The molecule has 0 heterocycles. The second kappa shape index (κ2) is 5.82. The highest BCUT2D eigenvalue weighted by Gasteiger charge is 2.22. The van der Waals surface area contributed by atoms with Crippen LogP contribution in [-0.4, -0.2) is 31.3 Å². The fourth-order valence-corrected chi connectivity index (χ4v) is 1.84. The average molecular weight is 201 g/mol. The summed E-state index contributed by atoms with van der Waals surface area (Å²) in [6, 6.07) is 0.520. The zero-order valence-corrected chi connectivity index (χ0v) is 8.37. The van der Waals surface area contributed by atoms with Gasteiger partial charge in [-0.05, 0) is 25.7 Å². The quantitative estimate of drug-likeness (QED) is 0.594. The Balaban J connectivity index is 2.14. The second-order valence-electron chi connectivity index (χ2n) is 3.65. The Labute approximate surface area is 84.2 Å². The maximum absolute atomic E-state index is 10.5. The van der Waals surface area contributed by atoms with Gasteiger partial charge in [-0.15, -0.1) is 0 Å². The number of ether oxygens (including phenoxy) is 1. The van der Waals surface area contributed by atoms with E-state index in [9.17, 15) is 4.79 Å². The van der Waals surface area contributed by atoms with Crippen molar-refractivity contribution in [2.45, 2.75) is 37.8 Å². The highest BCUT2D eigenvalue weighted by atomic mass is 16.6. The maximum Gasteiger partial charge on any atom is 0.404 e. The highest BCUT2D eigenvalue weighted by Crippen LogP contribution is 2.20. The first-order chi connectivity index (χ1) is 6.72. The van der Waals surface area contributed by atoms with E-state index in [4.69, 9.17) is 16.2 Å². The molecule has 0 bridgehead atoms. The van der Waals surface area contributed by atoms with Crippen LogP contribution >= 0.6 is 0 Å². The van der Waals surface area contributed by atoms with Gasteiger partial charge in [0.1, 0.15) is 6.10 Å². The number of nitrogens with one attached hydrogen (secondary N) is 1. The topological polar surface area (TPSA) is 90.4 Å². The van der Waals surface area contributed by atoms with Crippen LogP contribution in [0.3, 0.4) is 0 Å². The van der Waals surface area contributed by atoms with Crippen LogP contribution in [0.2, 0.25) is 0 Å². The molecule has 1 rings (SSSR count). The third-order valence-corrected chi connectivity index (χ3v) is 2.53. The number of hydrogen-bond acceptors (Lipinski definition) is 4. The molecule has 0 spiro atoms. The van der Waals surface area contributed by atoms with E-state index >= 15 is 0 Å². The fourth-order valence-electron chi connectivity index (χ4n) is 1.84. The van der Waals surface area contributed by atoms with Crippen molar-refractivity contribution in [1.82, 2.24) is 5.32 Å². The van der Waals surface area contributed by atoms with E-state index in [2.05, 4.69) is 5.32 Å². The van der Waals surface area contributed by atoms with Gasteiger partial charge in [0, 0.05) is 19.1 Å². The van der Waals surface area contributed by atoms with E-state index in [0.717, 1.165) is 32.2 Å². The predicted molar refractivity (Wildman–Crippen MR) is 53.8 cm³/mol. The van der Waals surface area contributed by atoms with E-state index < -0.39 is 6.09 Å². The molecule has 0 unspecified atom stereocenters. The summed E-state index contributed by atoms with van der Waals surface area (Å²) >= 11 is 0. The summed E-state index contributed by atoms with van der Waals surface area (Å²) in [6.07, 6.45) is 3.19. The molecule has 0 aromatic carbocycles. The smallest absolute Gasteiger partial charge is 0.404 e. The molecule has 1 amide bonds. The van der Waals surface area contributed by atoms with Crippen molar-refractivity contribution in [3.63, 3.8) is 0 Å². The van der Waals surface area contributed by atoms with Gasteiger partial charge in [0.15, 0.2) is 0 Å². The molecule has 5 N–H and O–H groups in total. The summed E-state index contributed by atoms with van der Waals surface area (Å²) < 4.78 is 4.93. The van der Waals surface area contributed by atoms with Crippen LogP contribution in [0, 0.1) is 0 Å². The van der Waals surface area contributed by atoms with Gasteiger partial charge in [0.05, 0.1) is 0 Å². The molecule has 14 heavy (non-hydrogen) atoms. The Morgan fingerprint density at radius 1 is 1.36 bits per heavy atom. The molecular weight excluding hydrogens is 182 g/mol. The lowest BCUT2D eigenvalue weighted by Crippen LogP contribution is -2.38. The minimum atomic E-state index is -0.664. The van der Waals surface area contributed by atoms with Crippen molar-refractivity contribution >= 4 is 6.09 Å². The van der Waals surface area contributed by atoms with Gasteiger partial charge < -0.3 is 21.5 Å². The third kappa shape index (κ3) is 3.93. The molecule has 1 aliphatic rings. The zero-order valence-electron chi connectivity index (χ0n) is 8.37. The lowest BCUT2D eigenvalue weighted by molar-refractivity contribution is 0.0760. The van der Waals surface area contributed by atoms with Crippen LogP contribution in [0.25, 0.3) is 0 Å². The van der Waals surface area contributed by atoms with Gasteiger partial charge in [0.2, 0.25) is 0 Å². The molecule has 82 valence electrons. The predicted octanol–water partition coefficient (Wildman–Crippen LogP) is -0.0588. The van der Waals surface area contributed by atoms with Crippen LogP contribution in [0.1, 0.15) is 25.7 Å². The lowest BCUT2D eigenvalue weighted by Gasteiger charge is -2.28. The molecule has 0 aromatic heterocycles. The van der Waals surface area contributed by atoms with Crippen LogP contribution in [0.15, 0.2) is 0 Å². The number of rotatable bonds is 4. The van der Waals surface area contributed by atoms with Gasteiger partial charge >= 0.3 is 6.09 Å². The van der Waals surface area contributed by atoms with Crippen LogP contribution in [-0.2, 0) is 4.74 Å². The van der Waals surface area contributed by atoms with E-state index in [1.165, 1.54) is 0 Å². The van der Waals surface area contributed by atoms with E-state index in [1.54, 1.807) is 0 Å². The molecular formula is C9H19N3O2. The number of hydrogen-bond donors (Lipinski definition) is 3. The van der Waals surface area contributed by atoms with Crippen molar-refractivity contribution < 1.29 is 9.53 Å². The number of carbonyl (C=O) groups is 1. The summed E-state index contributed by atoms with van der Waals surface area (Å²) in [4.78, 5) is 10.5. The number of amides is 1. The van der Waals surface area contributed by atoms with Crippen molar-refractivity contribution in [3.05, 3.63) is 0 Å². The van der Waals surface area contributed by atoms with E-state index in [-0.39, 0.29) is 6.10 Å². The van der Waals surface area contributed by atoms with Gasteiger partial charge in [-0.2, -0.15) is 0 Å². The highest BCUT2D eigenvalue weighted by molar-refractivity contribution is 5.64. The Bertz CT molecular complexity index is 179. The summed E-state index contributed by atoms with van der Waals surface area (Å²) in [6.45, 7) is 1.52. The van der Waals surface area contributed by atoms with Crippen molar-refractivity contribution in [2.75, 3.05) is 13.1 Å². The molecule has 5 nitrogen and oxygen atoms in total. The molecule has 5 heteroatoms. The zero-order chi connectivity index (χ0) is 10.4. The fraction of sp³-hybridized carbons (Fsp3) is 0.889. The van der Waals surface area contributed by atoms with Crippen molar-refractivity contribution in [3.8, 4) is 0 Å². The first kappa shape index (κ1) is 11.3. The number of carbonyl (C=O) groups excluding carboxylic acids is 1. The molecule has 0 saturated heterocycles. The van der Waals surface area contributed by atoms with Gasteiger partial charge in [-0.1, -0.05) is 0 Å². The molecule has 0 atom stereocenters. The summed E-state index contributed by atoms with van der Waals surface area (Å²) in [5, 5.41) is 3.35. The minimum absolute atomic E-state index is 0.0171. The summed E-state index contributed by atoms with van der Waals surface area (Å²) in [7, 11) is 0. The van der Waals surface area contributed by atoms with E-state index in [1.807, 2.05) is 0 Å². The number of primary amides is 1. The Kier molecular flexibility index (Phi) is 4.69. The van der Waals surface area contributed by atoms with Crippen LogP contribution in [0.5, 0.6) is 0 Å². The third-order valence-electron chi connectivity index (χ3n) is 2.53. The Hall–Kier alpha value is -0.810. The Morgan fingerprint density at radius 3 is 2.50 bits per heavy atom. The molecule has 0 radical (unpaired) electrons. The minimum Gasteiger partial charge on any atom is -0.446 e. The van der Waals surface area contributed by atoms with Gasteiger partial charge in [-0.3, -0.25) is 0 Å². The SMILES string of the molecule is NCCNC1CCC(OC(N)=O)CC1. The molecule has 1 saturated carbocycles. The summed E-state index contributed by atoms with van der Waals surface area (Å²) in [5.41, 5.74) is 10.3. The van der Waals surface area contributed by atoms with Crippen LogP contribution in [0.4, 0.5) is 4.79 Å². The monoisotopic (exact) mass is 201 g/mol. The van der Waals surface area contributed by atoms with Crippen molar-refractivity contribution in [2.24, 2.45) is 11.5 Å². The second-order valence-corrected chi connectivity index (χ2v) is 3.65. The summed E-state index contributed by atoms with van der Waals surface area (Å²) in [5.74, 6) is 0. The standard InChI is InChI=1S/C9H19N3O2/c10-5-6-12-7-1-3-8(4-2-7)14-9(11)13/h7-8,12H,1-6,10H2,(H2,11,13).